The number of rotatable bonds is 6. The van der Waals surface area contributed by atoms with Crippen molar-refractivity contribution in [1.29, 1.82) is 0 Å². The third-order valence-electron chi connectivity index (χ3n) is 3.61. The molecular weight excluding hydrogens is 238 g/mol. The first-order valence-corrected chi connectivity index (χ1v) is 7.03. The van der Waals surface area contributed by atoms with Gasteiger partial charge >= 0.3 is 0 Å². The number of ketones is 1. The molecule has 0 atom stereocenters. The van der Waals surface area contributed by atoms with Gasteiger partial charge in [0.1, 0.15) is 0 Å². The Labute approximate surface area is 115 Å². The first kappa shape index (κ1) is 13.9. The molecule has 1 aliphatic heterocycles. The van der Waals surface area contributed by atoms with Crippen LogP contribution in [0.4, 0.5) is 11.4 Å². The molecule has 1 aromatic rings. The standard InChI is InChI=1S/C15H23N3O/c1-12(19)14-11-13(5-6-15(14)16)17-7-4-10-18-8-2-3-9-18/h5-6,11,17H,2-4,7-10,16H2,1H3. The molecule has 0 spiro atoms. The number of likely N-dealkylation sites (tertiary alicyclic amines) is 1. The van der Waals surface area contributed by atoms with Gasteiger partial charge in [0, 0.05) is 23.5 Å². The van der Waals surface area contributed by atoms with E-state index in [1.54, 1.807) is 13.0 Å². The van der Waals surface area contributed by atoms with Crippen LogP contribution in [0, 0.1) is 0 Å². The number of nitrogens with two attached hydrogens (primary N) is 1. The lowest BCUT2D eigenvalue weighted by Gasteiger charge is -2.15. The molecule has 0 aliphatic carbocycles. The number of hydrogen-bond acceptors (Lipinski definition) is 4. The maximum atomic E-state index is 11.4. The van der Waals surface area contributed by atoms with Crippen LogP contribution in [0.2, 0.25) is 0 Å². The molecule has 0 amide bonds. The number of benzene rings is 1. The van der Waals surface area contributed by atoms with Gasteiger partial charge in [0.05, 0.1) is 0 Å². The molecule has 1 saturated heterocycles. The number of Topliss-reactive ketones (excluding diaryl/α,β-unsaturated/α-hetero) is 1. The fraction of sp³-hybridized carbons (Fsp3) is 0.533. The molecule has 2 rings (SSSR count). The highest BCUT2D eigenvalue weighted by atomic mass is 16.1. The molecule has 1 heterocycles. The Morgan fingerprint density at radius 1 is 1.37 bits per heavy atom. The van der Waals surface area contributed by atoms with Crippen LogP contribution in [0.3, 0.4) is 0 Å². The lowest BCUT2D eigenvalue weighted by molar-refractivity contribution is 0.101. The van der Waals surface area contributed by atoms with E-state index in [0.29, 0.717) is 11.3 Å². The zero-order valence-corrected chi connectivity index (χ0v) is 11.6. The highest BCUT2D eigenvalue weighted by molar-refractivity contribution is 5.99. The molecule has 4 heteroatoms. The van der Waals surface area contributed by atoms with E-state index in [-0.39, 0.29) is 5.78 Å². The average molecular weight is 261 g/mol. The molecule has 0 bridgehead atoms. The smallest absolute Gasteiger partial charge is 0.161 e. The quantitative estimate of drug-likeness (QED) is 0.469. The number of anilines is 2. The predicted molar refractivity (Wildman–Crippen MR) is 79.6 cm³/mol. The molecule has 4 nitrogen and oxygen atoms in total. The van der Waals surface area contributed by atoms with Crippen molar-refractivity contribution >= 4 is 17.2 Å². The second-order valence-corrected chi connectivity index (χ2v) is 5.19. The van der Waals surface area contributed by atoms with Crippen molar-refractivity contribution in [3.8, 4) is 0 Å². The summed E-state index contributed by atoms with van der Waals surface area (Å²) in [6.45, 7) is 6.12. The maximum Gasteiger partial charge on any atom is 0.161 e. The van der Waals surface area contributed by atoms with E-state index in [2.05, 4.69) is 10.2 Å². The van der Waals surface area contributed by atoms with Crippen LogP contribution < -0.4 is 11.1 Å². The fourth-order valence-electron chi connectivity index (χ4n) is 2.51. The van der Waals surface area contributed by atoms with Gasteiger partial charge in [-0.2, -0.15) is 0 Å². The first-order valence-electron chi connectivity index (χ1n) is 7.03. The Morgan fingerprint density at radius 2 is 2.11 bits per heavy atom. The van der Waals surface area contributed by atoms with Crippen LogP contribution in [0.15, 0.2) is 18.2 Å². The van der Waals surface area contributed by atoms with Gasteiger partial charge in [0.15, 0.2) is 5.78 Å². The summed E-state index contributed by atoms with van der Waals surface area (Å²) in [5.41, 5.74) is 7.90. The summed E-state index contributed by atoms with van der Waals surface area (Å²) in [5.74, 6) is 0.0122. The highest BCUT2D eigenvalue weighted by Gasteiger charge is 2.10. The topological polar surface area (TPSA) is 58.4 Å². The lowest BCUT2D eigenvalue weighted by atomic mass is 10.1. The SMILES string of the molecule is CC(=O)c1cc(NCCCN2CCCC2)ccc1N. The molecule has 0 unspecified atom stereocenters. The van der Waals surface area contributed by atoms with Gasteiger partial charge in [-0.3, -0.25) is 4.79 Å². The normalized spacial score (nSPS) is 15.6. The lowest BCUT2D eigenvalue weighted by Crippen LogP contribution is -2.22. The van der Waals surface area contributed by atoms with Gasteiger partial charge in [-0.15, -0.1) is 0 Å². The number of hydrogen-bond donors (Lipinski definition) is 2. The number of nitrogen functional groups attached to an aromatic ring is 1. The highest BCUT2D eigenvalue weighted by Crippen LogP contribution is 2.18. The summed E-state index contributed by atoms with van der Waals surface area (Å²) in [6.07, 6.45) is 3.81. The van der Waals surface area contributed by atoms with Crippen molar-refractivity contribution in [2.24, 2.45) is 0 Å². The third-order valence-corrected chi connectivity index (χ3v) is 3.61. The van der Waals surface area contributed by atoms with E-state index < -0.39 is 0 Å². The molecule has 1 aliphatic rings. The molecule has 19 heavy (non-hydrogen) atoms. The van der Waals surface area contributed by atoms with Crippen LogP contribution in [-0.4, -0.2) is 36.9 Å². The maximum absolute atomic E-state index is 11.4. The number of nitrogens with one attached hydrogen (secondary N) is 1. The Hall–Kier alpha value is -1.55. The molecular formula is C15H23N3O. The van der Waals surface area contributed by atoms with Gasteiger partial charge in [-0.25, -0.2) is 0 Å². The zero-order chi connectivity index (χ0) is 13.7. The minimum absolute atomic E-state index is 0.0122. The summed E-state index contributed by atoms with van der Waals surface area (Å²) in [4.78, 5) is 13.9. The molecule has 1 aromatic carbocycles. The van der Waals surface area contributed by atoms with Gasteiger partial charge in [-0.05, 0) is 64.0 Å². The monoisotopic (exact) mass is 261 g/mol. The molecule has 0 saturated carbocycles. The second kappa shape index (κ2) is 6.57. The molecule has 104 valence electrons. The summed E-state index contributed by atoms with van der Waals surface area (Å²) in [6, 6.07) is 5.56. The predicted octanol–water partition coefficient (Wildman–Crippen LogP) is 2.37. The summed E-state index contributed by atoms with van der Waals surface area (Å²) in [7, 11) is 0. The first-order chi connectivity index (χ1) is 9.16. The van der Waals surface area contributed by atoms with Gasteiger partial charge < -0.3 is 16.0 Å². The Balaban J connectivity index is 1.79. The number of nitrogens with zero attached hydrogens (tertiary/aromatic N) is 1. The van der Waals surface area contributed by atoms with Crippen LogP contribution in [0.1, 0.15) is 36.5 Å². The third kappa shape index (κ3) is 3.96. The van der Waals surface area contributed by atoms with Crippen molar-refractivity contribution in [3.05, 3.63) is 23.8 Å². The summed E-state index contributed by atoms with van der Waals surface area (Å²) < 4.78 is 0. The van der Waals surface area contributed by atoms with E-state index in [1.807, 2.05) is 12.1 Å². The average Bonchev–Trinajstić information content (AvgIpc) is 2.89. The molecule has 0 aromatic heterocycles. The minimum Gasteiger partial charge on any atom is -0.398 e. The Morgan fingerprint density at radius 3 is 2.79 bits per heavy atom. The molecule has 3 N–H and O–H groups in total. The molecule has 1 fully saturated rings. The largest absolute Gasteiger partial charge is 0.398 e. The van der Waals surface area contributed by atoms with Crippen LogP contribution >= 0.6 is 0 Å². The van der Waals surface area contributed by atoms with E-state index in [9.17, 15) is 4.79 Å². The zero-order valence-electron chi connectivity index (χ0n) is 11.6. The van der Waals surface area contributed by atoms with Crippen molar-refractivity contribution < 1.29 is 4.79 Å². The van der Waals surface area contributed by atoms with Crippen LogP contribution in [0.25, 0.3) is 0 Å². The van der Waals surface area contributed by atoms with Gasteiger partial charge in [-0.1, -0.05) is 0 Å². The van der Waals surface area contributed by atoms with Crippen molar-refractivity contribution in [2.45, 2.75) is 26.2 Å². The van der Waals surface area contributed by atoms with E-state index >= 15 is 0 Å². The van der Waals surface area contributed by atoms with Gasteiger partial charge in [0.2, 0.25) is 0 Å². The Bertz CT molecular complexity index is 439. The van der Waals surface area contributed by atoms with Gasteiger partial charge in [0.25, 0.3) is 0 Å². The summed E-state index contributed by atoms with van der Waals surface area (Å²) >= 11 is 0. The Kier molecular flexibility index (Phi) is 4.80. The fourth-order valence-corrected chi connectivity index (χ4v) is 2.51. The minimum atomic E-state index is 0.0122. The van der Waals surface area contributed by atoms with E-state index in [0.717, 1.165) is 25.2 Å². The number of carbonyl (C=O) groups is 1. The number of carbonyl (C=O) groups excluding carboxylic acids is 1. The summed E-state index contributed by atoms with van der Waals surface area (Å²) in [5, 5.41) is 3.36. The van der Waals surface area contributed by atoms with Crippen molar-refractivity contribution in [3.63, 3.8) is 0 Å². The van der Waals surface area contributed by atoms with E-state index in [4.69, 9.17) is 5.73 Å². The van der Waals surface area contributed by atoms with Crippen LogP contribution in [0.5, 0.6) is 0 Å². The van der Waals surface area contributed by atoms with Crippen LogP contribution in [-0.2, 0) is 0 Å². The molecule has 0 radical (unpaired) electrons. The van der Waals surface area contributed by atoms with E-state index in [1.165, 1.54) is 25.9 Å². The van der Waals surface area contributed by atoms with Crippen molar-refractivity contribution in [1.82, 2.24) is 4.90 Å². The van der Waals surface area contributed by atoms with Crippen molar-refractivity contribution in [2.75, 3.05) is 37.2 Å². The second-order valence-electron chi connectivity index (χ2n) is 5.19.